The predicted octanol–water partition coefficient (Wildman–Crippen LogP) is 6.04. The van der Waals surface area contributed by atoms with Gasteiger partial charge in [-0.1, -0.05) is 36.7 Å². The second-order valence-corrected chi connectivity index (χ2v) is 17.1. The molecule has 1 spiro atoms. The smallest absolute Gasteiger partial charge is 0.264 e. The quantitative estimate of drug-likeness (QED) is 0.372. The monoisotopic (exact) mass is 682 g/mol. The van der Waals surface area contributed by atoms with E-state index in [1.54, 1.807) is 12.1 Å². The molecule has 0 aromatic heterocycles. The number of benzene rings is 2. The van der Waals surface area contributed by atoms with Gasteiger partial charge >= 0.3 is 0 Å². The van der Waals surface area contributed by atoms with E-state index < -0.39 is 27.3 Å². The number of carbonyl (C=O) groups is 1. The fourth-order valence-corrected chi connectivity index (χ4v) is 10.7. The summed E-state index contributed by atoms with van der Waals surface area (Å²) in [6, 6.07) is 11.5. The Kier molecular flexibility index (Phi) is 9.37. The first-order valence-corrected chi connectivity index (χ1v) is 19.3. The Morgan fingerprint density at radius 2 is 1.94 bits per heavy atom. The largest absolute Gasteiger partial charge is 0.490 e. The van der Waals surface area contributed by atoms with E-state index in [-0.39, 0.29) is 29.1 Å². The Labute approximate surface area is 283 Å². The summed E-state index contributed by atoms with van der Waals surface area (Å²) in [6.45, 7) is 5.09. The third kappa shape index (κ3) is 6.70. The lowest BCUT2D eigenvalue weighted by atomic mass is 9.68. The molecule has 10 heteroatoms. The first-order valence-electron chi connectivity index (χ1n) is 17.4. The number of aryl methyl sites for hydroxylation is 1. The SMILES string of the molecule is C[C@H]1C/C=C/[C@H](O)[C@@H]2CC[C@H]2CN2C[C@@]3(CCCc4cc(Cl)ccc43)COc3ccc(cc32)C(=O)NS(=O)(=O)[C@@H]1CC1CCOCC1. The lowest BCUT2D eigenvalue weighted by Crippen LogP contribution is -2.49. The standard InChI is InChI=1S/C37H47ClN2O6S/c1-24-4-2-6-33(41)30-10-7-28(30)21-40-22-37(15-3-5-26-19-29(38)9-11-31(26)37)23-46-34-12-8-27(20-32(34)40)36(42)39-47(43,44)35(24)18-25-13-16-45-17-14-25/h2,6,8-9,11-12,19-20,24-25,28,30,33,35,41H,3-5,7,10,13-18,21-23H2,1H3,(H,39,42)/b6-2+/t24-,28-,30+,33-,35+,37-/m0/s1. The van der Waals surface area contributed by atoms with Crippen molar-refractivity contribution in [2.75, 3.05) is 37.8 Å². The van der Waals surface area contributed by atoms with Crippen molar-refractivity contribution in [1.29, 1.82) is 0 Å². The average Bonchev–Trinajstić information content (AvgIpc) is 3.18. The molecular weight excluding hydrogens is 636 g/mol. The van der Waals surface area contributed by atoms with E-state index in [0.717, 1.165) is 55.7 Å². The number of amides is 1. The van der Waals surface area contributed by atoms with Gasteiger partial charge in [0.15, 0.2) is 0 Å². The molecule has 8 nitrogen and oxygen atoms in total. The summed E-state index contributed by atoms with van der Waals surface area (Å²) in [7, 11) is -4.01. The van der Waals surface area contributed by atoms with E-state index in [0.29, 0.717) is 57.1 Å². The van der Waals surface area contributed by atoms with Gasteiger partial charge in [-0.05, 0) is 123 Å². The molecule has 1 saturated carbocycles. The molecule has 47 heavy (non-hydrogen) atoms. The zero-order chi connectivity index (χ0) is 32.8. The molecule has 2 aromatic carbocycles. The summed E-state index contributed by atoms with van der Waals surface area (Å²) < 4.78 is 42.5. The van der Waals surface area contributed by atoms with Crippen molar-refractivity contribution in [3.63, 3.8) is 0 Å². The highest BCUT2D eigenvalue weighted by Gasteiger charge is 2.44. The van der Waals surface area contributed by atoms with Crippen molar-refractivity contribution >= 4 is 33.2 Å². The minimum absolute atomic E-state index is 0.115. The highest BCUT2D eigenvalue weighted by Crippen LogP contribution is 2.47. The zero-order valence-corrected chi connectivity index (χ0v) is 28.8. The Hall–Kier alpha value is -2.59. The van der Waals surface area contributed by atoms with Crippen molar-refractivity contribution in [3.8, 4) is 5.75 Å². The van der Waals surface area contributed by atoms with Crippen molar-refractivity contribution in [2.24, 2.45) is 23.7 Å². The fraction of sp³-hybridized carbons (Fsp3) is 0.595. The van der Waals surface area contributed by atoms with Crippen LogP contribution in [0.15, 0.2) is 48.6 Å². The van der Waals surface area contributed by atoms with Crippen LogP contribution in [0.2, 0.25) is 5.02 Å². The molecule has 0 radical (unpaired) electrons. The van der Waals surface area contributed by atoms with Gasteiger partial charge in [0.2, 0.25) is 10.0 Å². The van der Waals surface area contributed by atoms with Gasteiger partial charge in [-0.25, -0.2) is 13.1 Å². The summed E-state index contributed by atoms with van der Waals surface area (Å²) in [5, 5.41) is 11.3. The number of sulfonamides is 1. The van der Waals surface area contributed by atoms with Crippen molar-refractivity contribution in [2.45, 2.75) is 81.5 Å². The number of hydrogen-bond acceptors (Lipinski definition) is 7. The second-order valence-electron chi connectivity index (χ2n) is 14.7. The zero-order valence-electron chi connectivity index (χ0n) is 27.2. The normalized spacial score (nSPS) is 33.4. The van der Waals surface area contributed by atoms with Gasteiger partial charge in [0.05, 0.1) is 23.6 Å². The topological polar surface area (TPSA) is 105 Å². The minimum atomic E-state index is -4.01. The first kappa shape index (κ1) is 32.9. The lowest BCUT2D eigenvalue weighted by Gasteiger charge is -2.45. The van der Waals surface area contributed by atoms with Crippen LogP contribution in [-0.2, 0) is 26.6 Å². The molecule has 3 heterocycles. The van der Waals surface area contributed by atoms with Crippen LogP contribution in [0.4, 0.5) is 5.69 Å². The number of fused-ring (bicyclic) bond motifs is 4. The number of allylic oxidation sites excluding steroid dienone is 1. The van der Waals surface area contributed by atoms with Crippen LogP contribution in [-0.4, -0.2) is 63.7 Å². The number of ether oxygens (including phenoxy) is 2. The summed E-state index contributed by atoms with van der Waals surface area (Å²) in [5.41, 5.74) is 3.33. The van der Waals surface area contributed by atoms with Crippen LogP contribution >= 0.6 is 11.6 Å². The number of halogens is 1. The molecule has 3 aliphatic heterocycles. The molecule has 5 aliphatic rings. The Morgan fingerprint density at radius 1 is 1.11 bits per heavy atom. The third-order valence-electron chi connectivity index (χ3n) is 11.7. The minimum Gasteiger partial charge on any atom is -0.490 e. The number of aliphatic hydroxyl groups excluding tert-OH is 1. The number of rotatable bonds is 2. The maximum atomic E-state index is 14.0. The molecule has 0 unspecified atom stereocenters. The maximum absolute atomic E-state index is 14.0. The van der Waals surface area contributed by atoms with Crippen LogP contribution in [0.1, 0.15) is 79.8 Å². The lowest BCUT2D eigenvalue weighted by molar-refractivity contribution is 0.0455. The molecule has 2 aliphatic carbocycles. The van der Waals surface area contributed by atoms with E-state index >= 15 is 0 Å². The molecule has 1 amide bonds. The summed E-state index contributed by atoms with van der Waals surface area (Å²) in [6.07, 6.45) is 10.7. The summed E-state index contributed by atoms with van der Waals surface area (Å²) in [4.78, 5) is 16.1. The highest BCUT2D eigenvalue weighted by molar-refractivity contribution is 7.90. The highest BCUT2D eigenvalue weighted by atomic mass is 35.5. The van der Waals surface area contributed by atoms with Gasteiger partial charge in [0.1, 0.15) is 5.75 Å². The van der Waals surface area contributed by atoms with Crippen molar-refractivity contribution in [1.82, 2.24) is 4.72 Å². The van der Waals surface area contributed by atoms with E-state index in [2.05, 4.69) is 21.8 Å². The Balaban J connectivity index is 1.26. The van der Waals surface area contributed by atoms with Gasteiger partial charge in [0, 0.05) is 42.3 Å². The number of nitrogens with zero attached hydrogens (tertiary/aromatic N) is 1. The predicted molar refractivity (Wildman–Crippen MR) is 184 cm³/mol. The average molecular weight is 683 g/mol. The van der Waals surface area contributed by atoms with Gasteiger partial charge in [-0.2, -0.15) is 0 Å². The van der Waals surface area contributed by atoms with E-state index in [1.165, 1.54) is 11.1 Å². The molecule has 2 bridgehead atoms. The first-order chi connectivity index (χ1) is 22.6. The maximum Gasteiger partial charge on any atom is 0.264 e. The third-order valence-corrected chi connectivity index (χ3v) is 13.8. The number of carbonyl (C=O) groups excluding carboxylic acids is 1. The van der Waals surface area contributed by atoms with E-state index in [1.807, 2.05) is 31.2 Å². The Bertz CT molecular complexity index is 1620. The molecule has 6 atom stereocenters. The van der Waals surface area contributed by atoms with Crippen LogP contribution < -0.4 is 14.4 Å². The van der Waals surface area contributed by atoms with Gasteiger partial charge in [-0.3, -0.25) is 4.79 Å². The molecule has 2 fully saturated rings. The van der Waals surface area contributed by atoms with Crippen LogP contribution in [0.3, 0.4) is 0 Å². The molecule has 2 aromatic rings. The molecule has 2 N–H and O–H groups in total. The number of hydrogen-bond donors (Lipinski definition) is 2. The van der Waals surface area contributed by atoms with Crippen LogP contribution in [0.5, 0.6) is 5.75 Å². The van der Waals surface area contributed by atoms with Crippen LogP contribution in [0, 0.1) is 23.7 Å². The summed E-state index contributed by atoms with van der Waals surface area (Å²) in [5.74, 6) is 0.431. The molecule has 7 rings (SSSR count). The fourth-order valence-electron chi connectivity index (χ4n) is 8.78. The van der Waals surface area contributed by atoms with E-state index in [4.69, 9.17) is 21.1 Å². The summed E-state index contributed by atoms with van der Waals surface area (Å²) >= 11 is 6.42. The van der Waals surface area contributed by atoms with Gasteiger partial charge in [0.25, 0.3) is 5.91 Å². The second kappa shape index (κ2) is 13.4. The van der Waals surface area contributed by atoms with Gasteiger partial charge < -0.3 is 19.5 Å². The van der Waals surface area contributed by atoms with Crippen molar-refractivity contribution in [3.05, 3.63) is 70.3 Å². The molecular formula is C37H47ClN2O6S. The van der Waals surface area contributed by atoms with Crippen molar-refractivity contribution < 1.29 is 27.8 Å². The number of nitrogens with one attached hydrogen (secondary N) is 1. The van der Waals surface area contributed by atoms with E-state index in [9.17, 15) is 18.3 Å². The van der Waals surface area contributed by atoms with Crippen LogP contribution in [0.25, 0.3) is 0 Å². The Morgan fingerprint density at radius 3 is 2.72 bits per heavy atom. The van der Waals surface area contributed by atoms with Gasteiger partial charge in [-0.15, -0.1) is 0 Å². The number of aliphatic hydroxyl groups is 1. The number of anilines is 1. The molecule has 1 saturated heterocycles. The molecule has 254 valence electrons.